The molecule has 0 aliphatic carbocycles. The molecule has 170 valence electrons. The lowest BCUT2D eigenvalue weighted by Crippen LogP contribution is -2.49. The Labute approximate surface area is 195 Å². The first kappa shape index (κ1) is 28.1. The van der Waals surface area contributed by atoms with Crippen molar-refractivity contribution in [3.05, 3.63) is 39.9 Å². The predicted octanol–water partition coefficient (Wildman–Crippen LogP) is 2.93. The zero-order chi connectivity index (χ0) is 21.9. The van der Waals surface area contributed by atoms with Crippen LogP contribution in [0.4, 0.5) is 5.69 Å². The van der Waals surface area contributed by atoms with E-state index in [1.165, 1.54) is 12.1 Å². The third-order valence-electron chi connectivity index (χ3n) is 3.77. The number of nitrogens with one attached hydrogen (secondary N) is 2. The molecule has 0 radical (unpaired) electrons. The Balaban J connectivity index is 0.00000841. The van der Waals surface area contributed by atoms with Crippen molar-refractivity contribution < 1.29 is 14.5 Å². The Morgan fingerprint density at radius 1 is 1.27 bits per heavy atom. The summed E-state index contributed by atoms with van der Waals surface area (Å²) >= 11 is 0. The van der Waals surface area contributed by atoms with Gasteiger partial charge in [-0.15, -0.1) is 24.0 Å². The summed E-state index contributed by atoms with van der Waals surface area (Å²) in [6, 6.07) is 6.28. The van der Waals surface area contributed by atoms with Gasteiger partial charge in [-0.25, -0.2) is 4.99 Å². The van der Waals surface area contributed by atoms with Gasteiger partial charge in [0.2, 0.25) is 5.91 Å². The number of nitro groups is 1. The summed E-state index contributed by atoms with van der Waals surface area (Å²) in [5.41, 5.74) is 0.582. The molecule has 1 amide bonds. The summed E-state index contributed by atoms with van der Waals surface area (Å²) in [7, 11) is 1.80. The number of halogens is 1. The zero-order valence-corrected chi connectivity index (χ0v) is 20.8. The van der Waals surface area contributed by atoms with Gasteiger partial charge in [0, 0.05) is 44.5 Å². The third-order valence-corrected chi connectivity index (χ3v) is 3.77. The molecule has 10 heteroatoms. The molecule has 1 aromatic carbocycles. The molecule has 0 saturated carbocycles. The van der Waals surface area contributed by atoms with Gasteiger partial charge in [0.15, 0.2) is 5.96 Å². The van der Waals surface area contributed by atoms with Crippen LogP contribution in [0.3, 0.4) is 0 Å². The number of ether oxygens (including phenoxy) is 1. The molecule has 9 nitrogen and oxygen atoms in total. The van der Waals surface area contributed by atoms with E-state index < -0.39 is 4.92 Å². The summed E-state index contributed by atoms with van der Waals surface area (Å²) in [6.45, 7) is 10.2. The highest BCUT2D eigenvalue weighted by Crippen LogP contribution is 2.12. The number of nitro benzene ring substituents is 1. The second-order valence-electron chi connectivity index (χ2n) is 7.69. The lowest BCUT2D eigenvalue weighted by molar-refractivity contribution is -0.384. The van der Waals surface area contributed by atoms with E-state index in [9.17, 15) is 14.9 Å². The Hall–Kier alpha value is -1.95. The lowest BCUT2D eigenvalue weighted by atomic mass is 10.1. The fourth-order valence-corrected chi connectivity index (χ4v) is 2.47. The van der Waals surface area contributed by atoms with Gasteiger partial charge in [-0.05, 0) is 39.7 Å². The molecule has 0 bridgehead atoms. The summed E-state index contributed by atoms with van der Waals surface area (Å²) < 4.78 is 5.34. The van der Waals surface area contributed by atoms with Crippen molar-refractivity contribution in [1.82, 2.24) is 15.5 Å². The molecule has 0 atom stereocenters. The highest BCUT2D eigenvalue weighted by Gasteiger charge is 2.17. The highest BCUT2D eigenvalue weighted by molar-refractivity contribution is 14.0. The molecular weight excluding hydrogens is 501 g/mol. The van der Waals surface area contributed by atoms with E-state index >= 15 is 0 Å². The topological polar surface area (TPSA) is 109 Å². The number of non-ortho nitro benzene ring substituents is 1. The monoisotopic (exact) mass is 535 g/mol. The van der Waals surface area contributed by atoms with Gasteiger partial charge < -0.3 is 20.3 Å². The number of aliphatic imine (C=N–C) groups is 1. The van der Waals surface area contributed by atoms with Gasteiger partial charge in [-0.1, -0.05) is 12.1 Å². The van der Waals surface area contributed by atoms with E-state index in [0.29, 0.717) is 32.3 Å². The van der Waals surface area contributed by atoms with Crippen LogP contribution in [0.2, 0.25) is 0 Å². The molecule has 0 unspecified atom stereocenters. The molecule has 30 heavy (non-hydrogen) atoms. The molecule has 0 aliphatic heterocycles. The average molecular weight is 535 g/mol. The number of hydrogen-bond acceptors (Lipinski definition) is 5. The van der Waals surface area contributed by atoms with Crippen LogP contribution in [0, 0.1) is 10.1 Å². The summed E-state index contributed by atoms with van der Waals surface area (Å²) in [5, 5.41) is 17.0. The van der Waals surface area contributed by atoms with Gasteiger partial charge in [-0.2, -0.15) is 0 Å². The average Bonchev–Trinajstić information content (AvgIpc) is 2.62. The minimum Gasteiger partial charge on any atom is -0.382 e. The van der Waals surface area contributed by atoms with Crippen LogP contribution in [-0.2, 0) is 16.1 Å². The summed E-state index contributed by atoms with van der Waals surface area (Å²) in [6.07, 6.45) is 0.812. The Morgan fingerprint density at radius 2 is 1.90 bits per heavy atom. The molecular formula is C20H34IN5O4. The standard InChI is InChI=1S/C20H33N5O4.HI/c1-6-29-13-7-12-21-19(24(5)15-18(26)23-20(2,3)4)22-14-16-8-10-17(11-9-16)25(27)28;/h8-11H,6-7,12-15H2,1-5H3,(H,21,22)(H,23,26);1H. The quantitative estimate of drug-likeness (QED) is 0.119. The fourth-order valence-electron chi connectivity index (χ4n) is 2.47. The molecule has 0 aromatic heterocycles. The van der Waals surface area contributed by atoms with E-state index in [1.54, 1.807) is 24.1 Å². The first-order valence-corrected chi connectivity index (χ1v) is 9.74. The van der Waals surface area contributed by atoms with Crippen LogP contribution in [-0.4, -0.2) is 60.6 Å². The number of likely N-dealkylation sites (N-methyl/N-ethyl adjacent to an activating group) is 1. The zero-order valence-electron chi connectivity index (χ0n) is 18.4. The number of carbonyl (C=O) groups is 1. The normalized spacial score (nSPS) is 11.4. The van der Waals surface area contributed by atoms with Crippen molar-refractivity contribution in [2.75, 3.05) is 33.4 Å². The van der Waals surface area contributed by atoms with E-state index in [0.717, 1.165) is 12.0 Å². The molecule has 1 aromatic rings. The second-order valence-corrected chi connectivity index (χ2v) is 7.69. The van der Waals surface area contributed by atoms with Gasteiger partial charge >= 0.3 is 0 Å². The van der Waals surface area contributed by atoms with Crippen molar-refractivity contribution in [3.8, 4) is 0 Å². The third kappa shape index (κ3) is 11.9. The number of amides is 1. The molecule has 0 heterocycles. The van der Waals surface area contributed by atoms with Gasteiger partial charge in [0.1, 0.15) is 0 Å². The number of rotatable bonds is 10. The summed E-state index contributed by atoms with van der Waals surface area (Å²) in [4.78, 5) is 28.9. The maximum Gasteiger partial charge on any atom is 0.269 e. The van der Waals surface area contributed by atoms with Crippen molar-refractivity contribution >= 4 is 41.5 Å². The van der Waals surface area contributed by atoms with E-state index in [1.807, 2.05) is 27.7 Å². The Bertz CT molecular complexity index is 689. The molecule has 0 fully saturated rings. The Kier molecular flexibility index (Phi) is 13.2. The molecule has 0 spiro atoms. The van der Waals surface area contributed by atoms with Gasteiger partial charge in [-0.3, -0.25) is 14.9 Å². The maximum absolute atomic E-state index is 12.2. The highest BCUT2D eigenvalue weighted by atomic mass is 127. The number of hydrogen-bond donors (Lipinski definition) is 2. The largest absolute Gasteiger partial charge is 0.382 e. The van der Waals surface area contributed by atoms with Crippen LogP contribution in [0.1, 0.15) is 39.7 Å². The lowest BCUT2D eigenvalue weighted by Gasteiger charge is -2.25. The first-order chi connectivity index (χ1) is 13.6. The molecule has 0 aliphatic rings. The van der Waals surface area contributed by atoms with Crippen molar-refractivity contribution in [3.63, 3.8) is 0 Å². The number of guanidine groups is 1. The predicted molar refractivity (Wildman–Crippen MR) is 129 cm³/mol. The van der Waals surface area contributed by atoms with Gasteiger partial charge in [0.25, 0.3) is 5.69 Å². The van der Waals surface area contributed by atoms with Crippen LogP contribution in [0.15, 0.2) is 29.3 Å². The van der Waals surface area contributed by atoms with E-state index in [-0.39, 0.29) is 47.7 Å². The molecule has 2 N–H and O–H groups in total. The van der Waals surface area contributed by atoms with Crippen LogP contribution < -0.4 is 10.6 Å². The number of carbonyl (C=O) groups excluding carboxylic acids is 1. The molecule has 1 rings (SSSR count). The number of nitrogens with zero attached hydrogens (tertiary/aromatic N) is 3. The van der Waals surface area contributed by atoms with Crippen molar-refractivity contribution in [2.24, 2.45) is 4.99 Å². The smallest absolute Gasteiger partial charge is 0.269 e. The summed E-state index contributed by atoms with van der Waals surface area (Å²) in [5.74, 6) is 0.489. The maximum atomic E-state index is 12.2. The van der Waals surface area contributed by atoms with E-state index in [4.69, 9.17) is 4.74 Å². The number of benzene rings is 1. The SMILES string of the molecule is CCOCCCNC(=NCc1ccc([N+](=O)[O-])cc1)N(C)CC(=O)NC(C)(C)C.I. The van der Waals surface area contributed by atoms with Crippen LogP contribution >= 0.6 is 24.0 Å². The minimum atomic E-state index is -0.431. The van der Waals surface area contributed by atoms with Crippen LogP contribution in [0.25, 0.3) is 0 Å². The minimum absolute atomic E-state index is 0. The molecule has 0 saturated heterocycles. The fraction of sp³-hybridized carbons (Fsp3) is 0.600. The first-order valence-electron chi connectivity index (χ1n) is 9.74. The van der Waals surface area contributed by atoms with Crippen molar-refractivity contribution in [2.45, 2.75) is 46.2 Å². The van der Waals surface area contributed by atoms with E-state index in [2.05, 4.69) is 15.6 Å². The Morgan fingerprint density at radius 3 is 2.43 bits per heavy atom. The van der Waals surface area contributed by atoms with Gasteiger partial charge in [0.05, 0.1) is 18.0 Å². The van der Waals surface area contributed by atoms with Crippen LogP contribution in [0.5, 0.6) is 0 Å². The van der Waals surface area contributed by atoms with Crippen molar-refractivity contribution in [1.29, 1.82) is 0 Å². The second kappa shape index (κ2) is 14.1.